The van der Waals surface area contributed by atoms with E-state index < -0.39 is 62.2 Å². The average Bonchev–Trinajstić information content (AvgIpc) is 1.03. The summed E-state index contributed by atoms with van der Waals surface area (Å²) in [5.41, 5.74) is 15.2. The number of nitrogens with one attached hydrogen (secondary N) is 8. The third kappa shape index (κ3) is 25.2. The Kier molecular flexibility index (Phi) is 21.7. The summed E-state index contributed by atoms with van der Waals surface area (Å²) in [4.78, 5) is 122. The first-order valence-corrected chi connectivity index (χ1v) is 44.4. The number of carbonyl (C=O) groups excluding carboxylic acids is 4. The minimum atomic E-state index is -2.57. The van der Waals surface area contributed by atoms with Crippen LogP contribution in [-0.4, -0.2) is 112 Å². The number of hydrogen-bond acceptors (Lipinski definition) is 18. The van der Waals surface area contributed by atoms with Gasteiger partial charge in [0.05, 0.1) is 91.5 Å². The number of aromatic amines is 4. The standard InChI is InChI=1S/2C29H26N6O.2C28H25N7O/c2*1-19-9-12-35(18-19)25-14-20(2)13-24(16-25)32-28(36)22-7-6-21(3)27(15-22)34-29-31-11-8-26(33-29)23-5-4-10-30-17-23;2*1-18-11-23(14-24(12-18)35-16-20(3)31-17-35)32-27(36)21-7-6-19(2)26(13-21)34-28-30-10-8-25(33-28)22-5-4-9-29-15-22/h2*4-18H,1-3H3,(H,32,36)(H,31,33,34);2*4-17H,1-3H3,(H,32,36)(H,30,33,34)/i4D,5D,8D,10D,11D,17D;3D3,8D,11D,12D,18D;2D3,8D,10D,16D,17D;8D,10D,16D,17D. The van der Waals surface area contributed by atoms with E-state index in [4.69, 9.17) is 32.9 Å². The number of imidazole rings is 2. The number of H-pyrrole nitrogens is 4. The summed E-state index contributed by atoms with van der Waals surface area (Å²) in [5, 5.41) is 11.4. The van der Waals surface area contributed by atoms with Gasteiger partial charge in [-0.15, -0.1) is 0 Å². The third-order valence-corrected chi connectivity index (χ3v) is 21.3. The van der Waals surface area contributed by atoms with Crippen molar-refractivity contribution in [1.29, 1.82) is 0 Å². The van der Waals surface area contributed by atoms with Gasteiger partial charge in [0.2, 0.25) is 22.5 Å². The molecule has 144 heavy (non-hydrogen) atoms. The molecule has 0 radical (unpaired) electrons. The van der Waals surface area contributed by atoms with Crippen molar-refractivity contribution < 1.29 is 52.1 Å². The van der Waals surface area contributed by atoms with E-state index in [2.05, 4.69) is 111 Å². The maximum atomic E-state index is 13.4. The van der Waals surface area contributed by atoms with Crippen LogP contribution in [0.4, 0.5) is 45.5 Å². The summed E-state index contributed by atoms with van der Waals surface area (Å²) in [6.45, 7) is 13.0. The molecule has 30 heteroatoms. The summed E-state index contributed by atoms with van der Waals surface area (Å²) in [6, 6.07) is 51.4. The molecule has 0 unspecified atom stereocenters. The lowest BCUT2D eigenvalue weighted by Crippen LogP contribution is -2.14. The van der Waals surface area contributed by atoms with E-state index in [0.717, 1.165) is 39.1 Å². The number of nitrogens with zero attached hydrogens (tertiary/aromatic N) is 18. The fourth-order valence-corrected chi connectivity index (χ4v) is 14.4. The molecule has 0 aliphatic heterocycles. The van der Waals surface area contributed by atoms with Gasteiger partial charge in [0.1, 0.15) is 2.74 Å². The Morgan fingerprint density at radius 2 is 0.674 bits per heavy atom. The van der Waals surface area contributed by atoms with Gasteiger partial charge in [0.25, 0.3) is 23.6 Å². The van der Waals surface area contributed by atoms with Gasteiger partial charge >= 0.3 is 0 Å². The summed E-state index contributed by atoms with van der Waals surface area (Å²) in [5.74, 6) is -1.82. The minimum Gasteiger partial charge on any atom is -0.324 e. The van der Waals surface area contributed by atoms with Crippen LogP contribution in [0.2, 0.25) is 0 Å². The maximum absolute atomic E-state index is 13.4. The molecule has 8 aromatic carbocycles. The smallest absolute Gasteiger partial charge is 0.255 e. The lowest BCUT2D eigenvalue weighted by molar-refractivity contribution is 0.101. The highest BCUT2D eigenvalue weighted by Gasteiger charge is 2.18. The van der Waals surface area contributed by atoms with E-state index >= 15 is 0 Å². The number of carbonyl (C=O) groups is 4. The largest absolute Gasteiger partial charge is 0.324 e. The van der Waals surface area contributed by atoms with Crippen LogP contribution in [0, 0.1) is 82.9 Å². The van der Waals surface area contributed by atoms with Crippen LogP contribution >= 0.6 is 0 Å². The molecule has 12 aromatic heterocycles. The van der Waals surface area contributed by atoms with Gasteiger partial charge in [-0.25, -0.2) is 49.9 Å². The Bertz CT molecular complexity index is 9580. The van der Waals surface area contributed by atoms with Crippen molar-refractivity contribution in [3.63, 3.8) is 0 Å². The molecule has 0 saturated carbocycles. The van der Waals surface area contributed by atoms with Gasteiger partial charge in [0, 0.05) is 210 Å². The molecule has 20 aromatic rings. The molecule has 8 N–H and O–H groups in total. The van der Waals surface area contributed by atoms with Crippen molar-refractivity contribution in [2.24, 2.45) is 20.0 Å². The fraction of sp³-hybridized carbons (Fsp3) is 0.105. The minimum absolute atomic E-state index is 0.0541. The molecule has 0 spiro atoms. The maximum Gasteiger partial charge on any atom is 0.255 e. The van der Waals surface area contributed by atoms with E-state index in [1.54, 1.807) is 180 Å². The molecule has 0 atom stereocenters. The Labute approximate surface area is 863 Å². The topological polar surface area (TPSA) is 378 Å². The van der Waals surface area contributed by atoms with E-state index in [1.165, 1.54) is 62.5 Å². The lowest BCUT2D eigenvalue weighted by Gasteiger charge is -2.11. The molecule has 30 nitrogen and oxygen atoms in total. The number of rotatable bonds is 20. The van der Waals surface area contributed by atoms with Crippen LogP contribution in [0.5, 0.6) is 0 Å². The Morgan fingerprint density at radius 1 is 0.326 bits per heavy atom. The molecule has 12 heterocycles. The zero-order chi connectivity index (χ0) is 121. The highest BCUT2D eigenvalue weighted by atomic mass is 16.2. The van der Waals surface area contributed by atoms with Crippen molar-refractivity contribution in [2.75, 3.05) is 21.3 Å². The van der Waals surface area contributed by atoms with Gasteiger partial charge in [-0.05, 0) is 345 Å². The van der Waals surface area contributed by atoms with Crippen LogP contribution in [0.15, 0.2) is 374 Å². The Hall–Kier alpha value is -19.3. The number of hydrogen-bond donors (Lipinski definition) is 8. The summed E-state index contributed by atoms with van der Waals surface area (Å²) in [6.07, 6.45) is 11.2. The monoisotopic (exact) mass is 1920 g/mol. The first-order chi connectivity index (χ1) is 79.6. The normalized spacial score (nSPS) is 14.0. The Morgan fingerprint density at radius 3 is 0.993 bits per heavy atom. The first kappa shape index (κ1) is 70.4. The zero-order valence-corrected chi connectivity index (χ0v) is 78.8. The predicted molar refractivity (Wildman–Crippen MR) is 561 cm³/mol. The number of aromatic nitrogens is 18. The van der Waals surface area contributed by atoms with Gasteiger partial charge in [0.15, 0.2) is 0 Å². The van der Waals surface area contributed by atoms with Crippen LogP contribution in [0.25, 0.3) is 67.8 Å². The zero-order valence-electron chi connectivity index (χ0n) is 103. The number of amides is 4. The van der Waals surface area contributed by atoms with E-state index in [9.17, 15) is 19.2 Å². The summed E-state index contributed by atoms with van der Waals surface area (Å²) < 4.78 is 201. The molecule has 0 saturated heterocycles. The molecule has 0 aliphatic carbocycles. The first-order valence-electron chi connectivity index (χ1n) is 56.4. The van der Waals surface area contributed by atoms with Gasteiger partial charge < -0.3 is 59.5 Å². The number of aryl methyl sites for hydroxylation is 12. The fourth-order valence-electron chi connectivity index (χ4n) is 14.4. The molecule has 0 bridgehead atoms. The average molecular weight is 1920 g/mol. The van der Waals surface area contributed by atoms with Crippen molar-refractivity contribution in [3.05, 3.63) is 466 Å². The molecule has 0 aliphatic rings. The van der Waals surface area contributed by atoms with Crippen molar-refractivity contribution in [2.45, 2.75) is 82.9 Å². The van der Waals surface area contributed by atoms with Crippen LogP contribution in [0.3, 0.4) is 0 Å². The van der Waals surface area contributed by atoms with E-state index in [0.29, 0.717) is 107 Å². The van der Waals surface area contributed by atoms with Crippen LogP contribution in [0.1, 0.15) is 141 Å². The summed E-state index contributed by atoms with van der Waals surface area (Å²) in [7, 11) is 0. The van der Waals surface area contributed by atoms with Gasteiger partial charge in [-0.2, -0.15) is 0 Å². The van der Waals surface area contributed by atoms with Crippen molar-refractivity contribution in [1.82, 2.24) is 88.0 Å². The second-order valence-electron chi connectivity index (χ2n) is 32.8. The highest BCUT2D eigenvalue weighted by Crippen LogP contribution is 2.31. The van der Waals surface area contributed by atoms with Gasteiger partial charge in [-0.1, -0.05) is 24.3 Å². The Balaban J connectivity index is 0.000000149. The van der Waals surface area contributed by atoms with Crippen molar-refractivity contribution >= 4 is 69.1 Å². The lowest BCUT2D eigenvalue weighted by atomic mass is 10.1. The molecular formula is C114H102N26O4. The molecule has 4 amide bonds. The second kappa shape index (κ2) is 44.5. The summed E-state index contributed by atoms with van der Waals surface area (Å²) >= 11 is 0. The molecule has 20 rings (SSSR count). The molecule has 0 fully saturated rings. The number of pyridine rings is 4. The second-order valence-corrected chi connectivity index (χ2v) is 32.8. The SMILES string of the molecule is [2H]c1nc(=Nc2cc(C(=O)Nc3cc(C)cc(-n4c([2H])cc(C)c4[2H])c3)ccc2C([2H])([2H])[2H])[nH]c(-c2cccnc2)c1[2H].[2H]c1nc(=Nc2cc(C(=O)Nc3cc(C)cc(-n4c([2H])nc(C)c4[2H])c3)ccc2C([2H])([2H])[2H])[nH]c(-c2cccnc2)c1[2H].[2H]c1nc(=Nc2cc(C(=O)Nc3cc(C)cc(-n4c([2H])nc(C)c4[2H])c3)ccc2C)[nH]c(-c2cccnc2)c1[2H].[2H]c1nc(=Nc2cc(C(=O)Nc3cc(C)cc(-n4ccc(C)c4)c3)ccc2C)[nH]c(-c2c([2H])nc([2H])c([2H])c2[2H])c1[2H]. The number of anilines is 4. The third-order valence-electron chi connectivity index (χ3n) is 21.3. The van der Waals surface area contributed by atoms with E-state index in [-0.39, 0.29) is 165 Å². The van der Waals surface area contributed by atoms with Crippen molar-refractivity contribution in [3.8, 4) is 67.8 Å². The highest BCUT2D eigenvalue weighted by molar-refractivity contribution is 6.07. The molecular weight excluding hydrogens is 1800 g/mol. The van der Waals surface area contributed by atoms with Gasteiger partial charge in [-0.3, -0.25) is 39.1 Å². The quantitative estimate of drug-likeness (QED) is 0.0352. The number of benzene rings is 8. The molecule has 712 valence electrons. The van der Waals surface area contributed by atoms with E-state index in [1.807, 2.05) is 88.8 Å². The predicted octanol–water partition coefficient (Wildman–Crippen LogP) is 21.5. The van der Waals surface area contributed by atoms with Crippen LogP contribution < -0.4 is 43.7 Å². The van der Waals surface area contributed by atoms with Crippen LogP contribution in [-0.2, 0) is 0 Å².